The van der Waals surface area contributed by atoms with Gasteiger partial charge in [0.2, 0.25) is 0 Å². The maximum Gasteiger partial charge on any atom is 0.339 e. The fraction of sp³-hybridized carbons (Fsp3) is 0.143. The van der Waals surface area contributed by atoms with E-state index < -0.39 is 5.97 Å². The van der Waals surface area contributed by atoms with Gasteiger partial charge in [-0.3, -0.25) is 4.98 Å². The van der Waals surface area contributed by atoms with Crippen molar-refractivity contribution >= 4 is 34.9 Å². The van der Waals surface area contributed by atoms with Crippen LogP contribution in [0.25, 0.3) is 0 Å². The van der Waals surface area contributed by atoms with E-state index in [0.29, 0.717) is 22.2 Å². The Morgan fingerprint density at radius 1 is 1.25 bits per heavy atom. The van der Waals surface area contributed by atoms with Crippen LogP contribution in [0.5, 0.6) is 0 Å². The highest BCUT2D eigenvalue weighted by atomic mass is 35.5. The first-order valence-electron chi connectivity index (χ1n) is 5.82. The molecule has 0 fully saturated rings. The van der Waals surface area contributed by atoms with Crippen molar-refractivity contribution in [1.82, 2.24) is 4.98 Å². The third-order valence-electron chi connectivity index (χ3n) is 2.64. The molecule has 0 aliphatic carbocycles. The Hall–Kier alpha value is -1.78. The van der Waals surface area contributed by atoms with E-state index in [0.717, 1.165) is 11.4 Å². The van der Waals surface area contributed by atoms with E-state index in [-0.39, 0.29) is 0 Å². The van der Waals surface area contributed by atoms with E-state index >= 15 is 0 Å². The second kappa shape index (κ2) is 6.59. The van der Waals surface area contributed by atoms with Crippen LogP contribution in [-0.2, 0) is 11.3 Å². The van der Waals surface area contributed by atoms with Gasteiger partial charge in [-0.2, -0.15) is 0 Å². The topological polar surface area (TPSA) is 51.2 Å². The van der Waals surface area contributed by atoms with Gasteiger partial charge in [0.05, 0.1) is 35.0 Å². The number of ether oxygens (including phenoxy) is 1. The Morgan fingerprint density at radius 2 is 2.05 bits per heavy atom. The van der Waals surface area contributed by atoms with Crippen LogP contribution in [0.2, 0.25) is 10.0 Å². The van der Waals surface area contributed by atoms with E-state index in [2.05, 4.69) is 15.0 Å². The standard InChI is InChI=1S/C14H12Cl2N2O2/c1-20-14(19)9-2-3-11(17-7-9)8-18-10-4-5-12(15)13(16)6-10/h2-7,18H,8H2,1H3. The van der Waals surface area contributed by atoms with Gasteiger partial charge >= 0.3 is 5.97 Å². The summed E-state index contributed by atoms with van der Waals surface area (Å²) in [4.78, 5) is 15.4. The quantitative estimate of drug-likeness (QED) is 0.873. The first-order valence-corrected chi connectivity index (χ1v) is 6.58. The zero-order valence-electron chi connectivity index (χ0n) is 10.7. The molecule has 0 atom stereocenters. The van der Waals surface area contributed by atoms with Crippen LogP contribution in [0, 0.1) is 0 Å². The highest BCUT2D eigenvalue weighted by Crippen LogP contribution is 2.25. The van der Waals surface area contributed by atoms with Crippen LogP contribution in [-0.4, -0.2) is 18.1 Å². The minimum atomic E-state index is -0.401. The van der Waals surface area contributed by atoms with Crippen LogP contribution >= 0.6 is 23.2 Å². The average Bonchev–Trinajstić information content (AvgIpc) is 2.48. The number of hydrogen-bond donors (Lipinski definition) is 1. The zero-order valence-corrected chi connectivity index (χ0v) is 12.2. The largest absolute Gasteiger partial charge is 0.465 e. The Kier molecular flexibility index (Phi) is 4.82. The molecular formula is C14H12Cl2N2O2. The van der Waals surface area contributed by atoms with Crippen molar-refractivity contribution in [1.29, 1.82) is 0 Å². The first-order chi connectivity index (χ1) is 9.60. The third kappa shape index (κ3) is 3.62. The highest BCUT2D eigenvalue weighted by Gasteiger charge is 2.05. The van der Waals surface area contributed by atoms with Gasteiger partial charge in [0.15, 0.2) is 0 Å². The second-order valence-electron chi connectivity index (χ2n) is 4.01. The molecule has 104 valence electrons. The minimum Gasteiger partial charge on any atom is -0.465 e. The number of anilines is 1. The van der Waals surface area contributed by atoms with Gasteiger partial charge in [-0.25, -0.2) is 4.79 Å². The summed E-state index contributed by atoms with van der Waals surface area (Å²) >= 11 is 11.8. The summed E-state index contributed by atoms with van der Waals surface area (Å²) < 4.78 is 4.61. The van der Waals surface area contributed by atoms with E-state index in [4.69, 9.17) is 23.2 Å². The van der Waals surface area contributed by atoms with Crippen molar-refractivity contribution in [2.45, 2.75) is 6.54 Å². The molecule has 0 aliphatic rings. The predicted molar refractivity (Wildman–Crippen MR) is 79.4 cm³/mol. The number of aromatic nitrogens is 1. The Bertz CT molecular complexity index is 615. The molecule has 0 amide bonds. The number of hydrogen-bond acceptors (Lipinski definition) is 4. The van der Waals surface area contributed by atoms with Crippen LogP contribution in [0.4, 0.5) is 5.69 Å². The van der Waals surface area contributed by atoms with Crippen molar-refractivity contribution < 1.29 is 9.53 Å². The van der Waals surface area contributed by atoms with Gasteiger partial charge in [-0.15, -0.1) is 0 Å². The fourth-order valence-electron chi connectivity index (χ4n) is 1.57. The van der Waals surface area contributed by atoms with Crippen molar-refractivity contribution in [3.8, 4) is 0 Å². The fourth-order valence-corrected chi connectivity index (χ4v) is 1.86. The van der Waals surface area contributed by atoms with Crippen LogP contribution in [0.3, 0.4) is 0 Å². The number of esters is 1. The lowest BCUT2D eigenvalue weighted by Gasteiger charge is -2.07. The Balaban J connectivity index is 2.00. The highest BCUT2D eigenvalue weighted by molar-refractivity contribution is 6.42. The molecule has 20 heavy (non-hydrogen) atoms. The van der Waals surface area contributed by atoms with Crippen LogP contribution in [0.1, 0.15) is 16.1 Å². The lowest BCUT2D eigenvalue weighted by atomic mass is 10.2. The lowest BCUT2D eigenvalue weighted by Crippen LogP contribution is -2.05. The SMILES string of the molecule is COC(=O)c1ccc(CNc2ccc(Cl)c(Cl)c2)nc1. The van der Waals surface area contributed by atoms with Crippen molar-refractivity contribution in [3.63, 3.8) is 0 Å². The van der Waals surface area contributed by atoms with E-state index in [1.54, 1.807) is 24.3 Å². The normalized spacial score (nSPS) is 10.2. The molecule has 4 nitrogen and oxygen atoms in total. The predicted octanol–water partition coefficient (Wildman–Crippen LogP) is 3.79. The summed E-state index contributed by atoms with van der Waals surface area (Å²) in [6.07, 6.45) is 1.48. The van der Waals surface area contributed by atoms with Crippen molar-refractivity contribution in [2.24, 2.45) is 0 Å². The summed E-state index contributed by atoms with van der Waals surface area (Å²) in [7, 11) is 1.34. The van der Waals surface area contributed by atoms with Gasteiger partial charge in [0.25, 0.3) is 0 Å². The summed E-state index contributed by atoms with van der Waals surface area (Å²) in [5.41, 5.74) is 2.06. The van der Waals surface area contributed by atoms with Gasteiger partial charge in [-0.1, -0.05) is 23.2 Å². The maximum atomic E-state index is 11.3. The monoisotopic (exact) mass is 310 g/mol. The molecule has 6 heteroatoms. The molecule has 2 aromatic rings. The molecule has 0 aliphatic heterocycles. The number of carbonyl (C=O) groups excluding carboxylic acids is 1. The van der Waals surface area contributed by atoms with Gasteiger partial charge in [-0.05, 0) is 30.3 Å². The average molecular weight is 311 g/mol. The molecule has 1 N–H and O–H groups in total. The van der Waals surface area contributed by atoms with E-state index in [9.17, 15) is 4.79 Å². The molecule has 1 aromatic carbocycles. The molecule has 0 saturated heterocycles. The minimum absolute atomic E-state index is 0.401. The van der Waals surface area contributed by atoms with Crippen LogP contribution in [0.15, 0.2) is 36.5 Å². The number of pyridine rings is 1. The van der Waals surface area contributed by atoms with Gasteiger partial charge in [0, 0.05) is 11.9 Å². The second-order valence-corrected chi connectivity index (χ2v) is 4.83. The van der Waals surface area contributed by atoms with E-state index in [1.807, 2.05) is 6.07 Å². The molecule has 0 bridgehead atoms. The molecule has 0 radical (unpaired) electrons. The van der Waals surface area contributed by atoms with Crippen molar-refractivity contribution in [3.05, 3.63) is 57.8 Å². The summed E-state index contributed by atoms with van der Waals surface area (Å²) in [5, 5.41) is 4.17. The first kappa shape index (κ1) is 14.6. The van der Waals surface area contributed by atoms with E-state index in [1.165, 1.54) is 13.3 Å². The summed E-state index contributed by atoms with van der Waals surface area (Å²) in [6.45, 7) is 0.513. The number of halogens is 2. The third-order valence-corrected chi connectivity index (χ3v) is 3.38. The maximum absolute atomic E-state index is 11.3. The van der Waals surface area contributed by atoms with Crippen LogP contribution < -0.4 is 5.32 Å². The van der Waals surface area contributed by atoms with Gasteiger partial charge in [0.1, 0.15) is 0 Å². The van der Waals surface area contributed by atoms with Gasteiger partial charge < -0.3 is 10.1 Å². The smallest absolute Gasteiger partial charge is 0.339 e. The molecule has 1 heterocycles. The lowest BCUT2D eigenvalue weighted by molar-refractivity contribution is 0.0600. The molecular weight excluding hydrogens is 299 g/mol. The number of benzene rings is 1. The molecule has 0 saturated carbocycles. The number of methoxy groups -OCH3 is 1. The summed E-state index contributed by atoms with van der Waals surface area (Å²) in [6, 6.07) is 8.73. The molecule has 0 spiro atoms. The Labute approximate surface area is 126 Å². The number of rotatable bonds is 4. The zero-order chi connectivity index (χ0) is 14.5. The number of nitrogens with one attached hydrogen (secondary N) is 1. The Morgan fingerprint density at radius 3 is 2.65 bits per heavy atom. The molecule has 2 rings (SSSR count). The molecule has 0 unspecified atom stereocenters. The number of nitrogens with zero attached hydrogens (tertiary/aromatic N) is 1. The molecule has 1 aromatic heterocycles. The summed E-state index contributed by atoms with van der Waals surface area (Å²) in [5.74, 6) is -0.401. The number of carbonyl (C=O) groups is 1. The van der Waals surface area contributed by atoms with Crippen molar-refractivity contribution in [2.75, 3.05) is 12.4 Å².